The van der Waals surface area contributed by atoms with Crippen molar-refractivity contribution >= 4 is 5.84 Å². The van der Waals surface area contributed by atoms with Crippen LogP contribution in [-0.2, 0) is 6.42 Å². The summed E-state index contributed by atoms with van der Waals surface area (Å²) in [6.07, 6.45) is 0.921. The average molecular weight is 188 g/mol. The summed E-state index contributed by atoms with van der Waals surface area (Å²) in [5.74, 6) is 1.11. The Bertz CT molecular complexity index is 339. The van der Waals surface area contributed by atoms with Crippen LogP contribution in [0, 0.1) is 0 Å². The summed E-state index contributed by atoms with van der Waals surface area (Å²) in [6.45, 7) is 5.23. The first kappa shape index (κ1) is 9.25. The fraction of sp³-hybridized carbons (Fsp3) is 0.417. The molecule has 2 heteroatoms. The highest BCUT2D eigenvalue weighted by Crippen LogP contribution is 2.11. The SMILES string of the molecule is CC1(C)CN=C(Cc2ccccc2)N1. The molecule has 2 rings (SSSR count). The lowest BCUT2D eigenvalue weighted by atomic mass is 10.1. The van der Waals surface area contributed by atoms with Gasteiger partial charge in [-0.25, -0.2) is 0 Å². The number of rotatable bonds is 2. The number of aliphatic imine (C=N–C) groups is 1. The minimum absolute atomic E-state index is 0.143. The van der Waals surface area contributed by atoms with Gasteiger partial charge in [0, 0.05) is 6.42 Å². The van der Waals surface area contributed by atoms with Gasteiger partial charge >= 0.3 is 0 Å². The van der Waals surface area contributed by atoms with E-state index in [1.165, 1.54) is 5.56 Å². The molecule has 1 heterocycles. The summed E-state index contributed by atoms with van der Waals surface area (Å²) in [5.41, 5.74) is 1.46. The Kier molecular flexibility index (Phi) is 2.28. The highest BCUT2D eigenvalue weighted by Gasteiger charge is 2.24. The third-order valence-electron chi connectivity index (χ3n) is 2.36. The lowest BCUT2D eigenvalue weighted by Gasteiger charge is -2.18. The van der Waals surface area contributed by atoms with Crippen molar-refractivity contribution in [2.45, 2.75) is 25.8 Å². The van der Waals surface area contributed by atoms with E-state index in [1.807, 2.05) is 6.07 Å². The highest BCUT2D eigenvalue weighted by molar-refractivity contribution is 5.86. The quantitative estimate of drug-likeness (QED) is 0.754. The summed E-state index contributed by atoms with van der Waals surface area (Å²) in [5, 5.41) is 3.43. The maximum atomic E-state index is 4.49. The zero-order valence-corrected chi connectivity index (χ0v) is 8.75. The third kappa shape index (κ3) is 2.13. The van der Waals surface area contributed by atoms with Crippen LogP contribution in [-0.4, -0.2) is 17.9 Å². The van der Waals surface area contributed by atoms with Gasteiger partial charge in [-0.2, -0.15) is 0 Å². The Hall–Kier alpha value is -1.31. The van der Waals surface area contributed by atoms with Crippen molar-refractivity contribution in [2.24, 2.45) is 4.99 Å². The molecule has 1 aromatic carbocycles. The molecule has 0 fully saturated rings. The van der Waals surface area contributed by atoms with E-state index in [0.717, 1.165) is 18.8 Å². The molecule has 0 amide bonds. The fourth-order valence-corrected chi connectivity index (χ4v) is 1.65. The molecule has 0 aromatic heterocycles. The van der Waals surface area contributed by atoms with E-state index in [4.69, 9.17) is 0 Å². The van der Waals surface area contributed by atoms with E-state index in [-0.39, 0.29) is 5.54 Å². The molecule has 1 aromatic rings. The average Bonchev–Trinajstić information content (AvgIpc) is 2.47. The Morgan fingerprint density at radius 3 is 2.57 bits per heavy atom. The van der Waals surface area contributed by atoms with Gasteiger partial charge in [0.1, 0.15) is 5.84 Å². The monoisotopic (exact) mass is 188 g/mol. The summed E-state index contributed by atoms with van der Waals surface area (Å²) < 4.78 is 0. The molecule has 0 bridgehead atoms. The highest BCUT2D eigenvalue weighted by atomic mass is 15.1. The molecule has 0 aliphatic carbocycles. The predicted octanol–water partition coefficient (Wildman–Crippen LogP) is 2.01. The summed E-state index contributed by atoms with van der Waals surface area (Å²) in [4.78, 5) is 4.49. The lowest BCUT2D eigenvalue weighted by Crippen LogP contribution is -2.40. The predicted molar refractivity (Wildman–Crippen MR) is 59.7 cm³/mol. The first-order valence-electron chi connectivity index (χ1n) is 5.01. The van der Waals surface area contributed by atoms with Crippen LogP contribution in [0.4, 0.5) is 0 Å². The Morgan fingerprint density at radius 2 is 2.00 bits per heavy atom. The molecule has 0 radical (unpaired) electrons. The number of hydrogen-bond donors (Lipinski definition) is 1. The van der Waals surface area contributed by atoms with Crippen LogP contribution in [0.1, 0.15) is 19.4 Å². The second-order valence-corrected chi connectivity index (χ2v) is 4.43. The Labute approximate surface area is 85.1 Å². The normalized spacial score (nSPS) is 18.9. The number of amidine groups is 1. The van der Waals surface area contributed by atoms with Crippen molar-refractivity contribution < 1.29 is 0 Å². The molecule has 1 aliphatic rings. The van der Waals surface area contributed by atoms with E-state index in [9.17, 15) is 0 Å². The maximum Gasteiger partial charge on any atom is 0.101 e. The molecule has 0 spiro atoms. The van der Waals surface area contributed by atoms with E-state index in [0.29, 0.717) is 0 Å². The molecule has 14 heavy (non-hydrogen) atoms. The molecule has 2 nitrogen and oxygen atoms in total. The standard InChI is InChI=1S/C12H16N2/c1-12(2)9-13-11(14-12)8-10-6-4-3-5-7-10/h3-7H,8-9H2,1-2H3,(H,13,14). The van der Waals surface area contributed by atoms with Gasteiger partial charge in [0.05, 0.1) is 12.1 Å². The van der Waals surface area contributed by atoms with Crippen LogP contribution >= 0.6 is 0 Å². The second kappa shape index (κ2) is 3.45. The van der Waals surface area contributed by atoms with Gasteiger partial charge in [-0.15, -0.1) is 0 Å². The molecule has 74 valence electrons. The smallest absolute Gasteiger partial charge is 0.101 e. The number of nitrogens with one attached hydrogen (secondary N) is 1. The maximum absolute atomic E-state index is 4.49. The summed E-state index contributed by atoms with van der Waals surface area (Å²) in [6, 6.07) is 10.4. The fourth-order valence-electron chi connectivity index (χ4n) is 1.65. The lowest BCUT2D eigenvalue weighted by molar-refractivity contribution is 0.505. The second-order valence-electron chi connectivity index (χ2n) is 4.43. The van der Waals surface area contributed by atoms with Crippen molar-refractivity contribution in [3.05, 3.63) is 35.9 Å². The number of hydrogen-bond acceptors (Lipinski definition) is 2. The third-order valence-corrected chi connectivity index (χ3v) is 2.36. The zero-order valence-electron chi connectivity index (χ0n) is 8.75. The molecular formula is C12H16N2. The first-order chi connectivity index (χ1) is 6.66. The van der Waals surface area contributed by atoms with E-state index < -0.39 is 0 Å². The van der Waals surface area contributed by atoms with Gasteiger partial charge in [-0.3, -0.25) is 4.99 Å². The summed E-state index contributed by atoms with van der Waals surface area (Å²) in [7, 11) is 0. The van der Waals surface area contributed by atoms with Gasteiger partial charge in [-0.1, -0.05) is 30.3 Å². The molecular weight excluding hydrogens is 172 g/mol. The summed E-state index contributed by atoms with van der Waals surface area (Å²) >= 11 is 0. The first-order valence-corrected chi connectivity index (χ1v) is 5.01. The van der Waals surface area contributed by atoms with Crippen molar-refractivity contribution in [3.63, 3.8) is 0 Å². The van der Waals surface area contributed by atoms with E-state index in [2.05, 4.69) is 48.4 Å². The zero-order chi connectivity index (χ0) is 10.0. The van der Waals surface area contributed by atoms with Crippen molar-refractivity contribution in [3.8, 4) is 0 Å². The van der Waals surface area contributed by atoms with Crippen LogP contribution in [0.2, 0.25) is 0 Å². The van der Waals surface area contributed by atoms with E-state index >= 15 is 0 Å². The van der Waals surface area contributed by atoms with Gasteiger partial charge in [0.25, 0.3) is 0 Å². The van der Waals surface area contributed by atoms with Crippen LogP contribution in [0.3, 0.4) is 0 Å². The van der Waals surface area contributed by atoms with Crippen LogP contribution in [0.5, 0.6) is 0 Å². The number of benzene rings is 1. The largest absolute Gasteiger partial charge is 0.367 e. The Morgan fingerprint density at radius 1 is 1.29 bits per heavy atom. The minimum Gasteiger partial charge on any atom is -0.367 e. The van der Waals surface area contributed by atoms with Crippen molar-refractivity contribution in [2.75, 3.05) is 6.54 Å². The molecule has 1 N–H and O–H groups in total. The van der Waals surface area contributed by atoms with Gasteiger partial charge in [0.2, 0.25) is 0 Å². The van der Waals surface area contributed by atoms with Gasteiger partial charge in [0.15, 0.2) is 0 Å². The van der Waals surface area contributed by atoms with Crippen LogP contribution in [0.25, 0.3) is 0 Å². The van der Waals surface area contributed by atoms with Crippen LogP contribution in [0.15, 0.2) is 35.3 Å². The van der Waals surface area contributed by atoms with Gasteiger partial charge in [-0.05, 0) is 19.4 Å². The molecule has 0 saturated carbocycles. The molecule has 0 unspecified atom stereocenters. The number of nitrogens with zero attached hydrogens (tertiary/aromatic N) is 1. The molecule has 0 atom stereocenters. The molecule has 0 saturated heterocycles. The van der Waals surface area contributed by atoms with Crippen molar-refractivity contribution in [1.82, 2.24) is 5.32 Å². The van der Waals surface area contributed by atoms with E-state index in [1.54, 1.807) is 0 Å². The van der Waals surface area contributed by atoms with Gasteiger partial charge < -0.3 is 5.32 Å². The van der Waals surface area contributed by atoms with Crippen molar-refractivity contribution in [1.29, 1.82) is 0 Å². The Balaban J connectivity index is 2.01. The topological polar surface area (TPSA) is 24.4 Å². The minimum atomic E-state index is 0.143. The van der Waals surface area contributed by atoms with Crippen LogP contribution < -0.4 is 5.32 Å². The molecule has 1 aliphatic heterocycles.